The molecule has 5 rings (SSSR count). The molecule has 2 aromatic carbocycles. The Kier molecular flexibility index (Phi) is 6.30. The summed E-state index contributed by atoms with van der Waals surface area (Å²) in [7, 11) is 0. The van der Waals surface area contributed by atoms with Gasteiger partial charge in [0.05, 0.1) is 12.8 Å². The monoisotopic (exact) mass is 502 g/mol. The van der Waals surface area contributed by atoms with Gasteiger partial charge in [-0.25, -0.2) is 17.9 Å². The third-order valence-corrected chi connectivity index (χ3v) is 6.13. The summed E-state index contributed by atoms with van der Waals surface area (Å²) in [5.41, 5.74) is 1.61. The lowest BCUT2D eigenvalue weighted by Crippen LogP contribution is -2.53. The Morgan fingerprint density at radius 1 is 1.00 bits per heavy atom. The first-order valence-corrected chi connectivity index (χ1v) is 10.9. The Bertz CT molecular complexity index is 1360. The summed E-state index contributed by atoms with van der Waals surface area (Å²) >= 11 is 0. The maximum absolute atomic E-state index is 13.7. The van der Waals surface area contributed by atoms with Crippen LogP contribution in [0.25, 0.3) is 16.9 Å². The van der Waals surface area contributed by atoms with Gasteiger partial charge in [-0.05, 0) is 31.2 Å². The van der Waals surface area contributed by atoms with Gasteiger partial charge in [0.15, 0.2) is 23.3 Å². The number of halogens is 3. The lowest BCUT2D eigenvalue weighted by atomic mass is 9.92. The molecule has 1 aliphatic heterocycles. The molecule has 3 heterocycles. The van der Waals surface area contributed by atoms with Crippen molar-refractivity contribution in [2.45, 2.75) is 37.4 Å². The van der Waals surface area contributed by atoms with Crippen molar-refractivity contribution in [1.82, 2.24) is 29.8 Å². The number of nitrogens with zero attached hydrogens (tertiary/aromatic N) is 6. The van der Waals surface area contributed by atoms with Gasteiger partial charge in [0, 0.05) is 11.3 Å². The number of benzene rings is 2. The third kappa shape index (κ3) is 4.15. The predicted molar refractivity (Wildman–Crippen MR) is 117 cm³/mol. The molecule has 0 spiro atoms. The van der Waals surface area contributed by atoms with E-state index in [-0.39, 0.29) is 17.1 Å². The summed E-state index contributed by atoms with van der Waals surface area (Å²) in [6.07, 6.45) is -2.49. The minimum atomic E-state index is -1.62. The lowest BCUT2D eigenvalue weighted by Gasteiger charge is -2.41. The van der Waals surface area contributed by atoms with E-state index in [0.29, 0.717) is 5.69 Å². The van der Waals surface area contributed by atoms with Crippen LogP contribution in [0.4, 0.5) is 13.2 Å². The van der Waals surface area contributed by atoms with Crippen molar-refractivity contribution in [3.8, 4) is 16.9 Å². The molecule has 0 saturated carbocycles. The summed E-state index contributed by atoms with van der Waals surface area (Å²) in [5.74, 6) is -4.21. The van der Waals surface area contributed by atoms with Gasteiger partial charge in [-0.3, -0.25) is 4.57 Å². The molecule has 2 aromatic heterocycles. The second-order valence-electron chi connectivity index (χ2n) is 8.48. The van der Waals surface area contributed by atoms with E-state index in [1.807, 2.05) is 31.2 Å². The molecule has 1 aliphatic rings. The molecule has 0 aliphatic carbocycles. The first-order valence-electron chi connectivity index (χ1n) is 10.9. The zero-order valence-corrected chi connectivity index (χ0v) is 18.8. The molecular formula is C23H21F3N6O4. The molecule has 3 N–H and O–H groups in total. The second-order valence-corrected chi connectivity index (χ2v) is 8.48. The number of aryl methyl sites for hydroxylation is 1. The standard InChI is InChI=1S/C23H21F3N6O4/c1-11-2-4-13(5-3-11)31-10-27-29-23(31)22-21(35)19(20(34)17(9-33)36-22)32-8-16(28-30-32)12-6-14(24)18(26)15(25)7-12/h2-8,10,17,19-22,33-35H,9H2,1H3/t17-,19+,20+,21-,22-/m1/s1. The minimum absolute atomic E-state index is 0.0291. The van der Waals surface area contributed by atoms with Gasteiger partial charge in [0.1, 0.15) is 42.5 Å². The van der Waals surface area contributed by atoms with E-state index in [2.05, 4.69) is 20.5 Å². The fourth-order valence-electron chi connectivity index (χ4n) is 4.23. The van der Waals surface area contributed by atoms with Crippen LogP contribution < -0.4 is 0 Å². The molecule has 10 nitrogen and oxygen atoms in total. The number of hydrogen-bond acceptors (Lipinski definition) is 8. The van der Waals surface area contributed by atoms with Crippen LogP contribution in [0.1, 0.15) is 23.5 Å². The second kappa shape index (κ2) is 9.43. The van der Waals surface area contributed by atoms with Crippen molar-refractivity contribution >= 4 is 0 Å². The Hall–Kier alpha value is -3.65. The third-order valence-electron chi connectivity index (χ3n) is 6.13. The average Bonchev–Trinajstić information content (AvgIpc) is 3.54. The Labute approximate surface area is 202 Å². The molecule has 0 radical (unpaired) electrons. The highest BCUT2D eigenvalue weighted by Crippen LogP contribution is 2.38. The largest absolute Gasteiger partial charge is 0.394 e. The molecule has 5 atom stereocenters. The van der Waals surface area contributed by atoms with Crippen LogP contribution in [0, 0.1) is 24.4 Å². The van der Waals surface area contributed by atoms with Gasteiger partial charge in [0.2, 0.25) is 0 Å². The Morgan fingerprint density at radius 3 is 2.36 bits per heavy atom. The van der Waals surface area contributed by atoms with Gasteiger partial charge >= 0.3 is 0 Å². The number of aliphatic hydroxyl groups excluding tert-OH is 3. The molecule has 1 saturated heterocycles. The van der Waals surface area contributed by atoms with Gasteiger partial charge in [-0.1, -0.05) is 22.9 Å². The van der Waals surface area contributed by atoms with Gasteiger partial charge in [-0.15, -0.1) is 15.3 Å². The minimum Gasteiger partial charge on any atom is -0.394 e. The Balaban J connectivity index is 1.51. The molecule has 0 bridgehead atoms. The van der Waals surface area contributed by atoms with Crippen molar-refractivity contribution in [3.63, 3.8) is 0 Å². The number of ether oxygens (including phenoxy) is 1. The first kappa shape index (κ1) is 24.1. The van der Waals surface area contributed by atoms with Crippen LogP contribution >= 0.6 is 0 Å². The zero-order chi connectivity index (χ0) is 25.6. The summed E-state index contributed by atoms with van der Waals surface area (Å²) in [6, 6.07) is 7.76. The van der Waals surface area contributed by atoms with E-state index < -0.39 is 54.5 Å². The number of rotatable bonds is 5. The van der Waals surface area contributed by atoms with Crippen LogP contribution in [-0.2, 0) is 4.74 Å². The molecule has 13 heteroatoms. The highest BCUT2D eigenvalue weighted by molar-refractivity contribution is 5.58. The summed E-state index contributed by atoms with van der Waals surface area (Å²) in [4.78, 5) is 0. The summed E-state index contributed by atoms with van der Waals surface area (Å²) in [5, 5.41) is 47.7. The van der Waals surface area contributed by atoms with Crippen molar-refractivity contribution in [2.75, 3.05) is 6.61 Å². The number of aliphatic hydroxyl groups is 3. The van der Waals surface area contributed by atoms with E-state index in [0.717, 1.165) is 22.4 Å². The molecule has 4 aromatic rings. The predicted octanol–water partition coefficient (Wildman–Crippen LogP) is 1.65. The van der Waals surface area contributed by atoms with Crippen molar-refractivity contribution in [3.05, 3.63) is 77.8 Å². The van der Waals surface area contributed by atoms with E-state index in [4.69, 9.17) is 4.74 Å². The van der Waals surface area contributed by atoms with Gasteiger partial charge < -0.3 is 20.1 Å². The smallest absolute Gasteiger partial charge is 0.194 e. The van der Waals surface area contributed by atoms with Crippen LogP contribution in [0.3, 0.4) is 0 Å². The average molecular weight is 502 g/mol. The fourth-order valence-corrected chi connectivity index (χ4v) is 4.23. The number of hydrogen-bond donors (Lipinski definition) is 3. The van der Waals surface area contributed by atoms with Gasteiger partial charge in [0.25, 0.3) is 0 Å². The summed E-state index contributed by atoms with van der Waals surface area (Å²) in [6.45, 7) is 1.35. The number of aromatic nitrogens is 6. The highest BCUT2D eigenvalue weighted by atomic mass is 19.2. The Morgan fingerprint density at radius 2 is 1.69 bits per heavy atom. The molecule has 1 fully saturated rings. The molecule has 36 heavy (non-hydrogen) atoms. The van der Waals surface area contributed by atoms with E-state index >= 15 is 0 Å². The van der Waals surface area contributed by atoms with Crippen molar-refractivity contribution < 1.29 is 33.2 Å². The lowest BCUT2D eigenvalue weighted by molar-refractivity contribution is -0.210. The summed E-state index contributed by atoms with van der Waals surface area (Å²) < 4.78 is 49.3. The SMILES string of the molecule is Cc1ccc(-n2cnnc2[C@@H]2O[C@H](CO)[C@H](O)[C@H](n3cc(-c4cc(F)c(F)c(F)c4)nn3)[C@H]2O)cc1. The van der Waals surface area contributed by atoms with Crippen LogP contribution in [0.2, 0.25) is 0 Å². The van der Waals surface area contributed by atoms with Crippen molar-refractivity contribution in [2.24, 2.45) is 0 Å². The zero-order valence-electron chi connectivity index (χ0n) is 18.8. The van der Waals surface area contributed by atoms with E-state index in [9.17, 15) is 28.5 Å². The van der Waals surface area contributed by atoms with Gasteiger partial charge in [-0.2, -0.15) is 0 Å². The normalized spacial score (nSPS) is 24.2. The van der Waals surface area contributed by atoms with E-state index in [1.165, 1.54) is 12.5 Å². The van der Waals surface area contributed by atoms with Crippen LogP contribution in [-0.4, -0.2) is 70.0 Å². The van der Waals surface area contributed by atoms with Crippen molar-refractivity contribution in [1.29, 1.82) is 0 Å². The molecule has 0 amide bonds. The molecular weight excluding hydrogens is 481 g/mol. The fraction of sp³-hybridized carbons (Fsp3) is 0.304. The van der Waals surface area contributed by atoms with E-state index in [1.54, 1.807) is 4.57 Å². The van der Waals surface area contributed by atoms with Crippen LogP contribution in [0.15, 0.2) is 48.9 Å². The first-order chi connectivity index (χ1) is 17.3. The topological polar surface area (TPSA) is 131 Å². The quantitative estimate of drug-likeness (QED) is 0.351. The maximum atomic E-state index is 13.7. The highest BCUT2D eigenvalue weighted by Gasteiger charge is 2.48. The molecule has 0 unspecified atom stereocenters. The van der Waals surface area contributed by atoms with Crippen LogP contribution in [0.5, 0.6) is 0 Å². The maximum Gasteiger partial charge on any atom is 0.194 e. The molecule has 188 valence electrons.